The second-order valence-corrected chi connectivity index (χ2v) is 6.96. The first-order chi connectivity index (χ1) is 11.9. The molecule has 0 unspecified atom stereocenters. The molecule has 1 aromatic carbocycles. The van der Waals surface area contributed by atoms with E-state index in [4.69, 9.17) is 9.68 Å². The summed E-state index contributed by atoms with van der Waals surface area (Å²) in [5.74, 6) is 0.112. The summed E-state index contributed by atoms with van der Waals surface area (Å²) in [5, 5.41) is 11.3. The Morgan fingerprint density at radius 1 is 1.24 bits per heavy atom. The van der Waals surface area contributed by atoms with Crippen LogP contribution < -0.4 is 10.0 Å². The van der Waals surface area contributed by atoms with E-state index in [1.165, 1.54) is 25.3 Å². The lowest BCUT2D eigenvalue weighted by molar-refractivity contribution is -0.116. The van der Waals surface area contributed by atoms with E-state index in [0.717, 1.165) is 5.56 Å². The van der Waals surface area contributed by atoms with Crippen molar-refractivity contribution in [3.05, 3.63) is 59.1 Å². The van der Waals surface area contributed by atoms with Crippen molar-refractivity contribution in [2.45, 2.75) is 18.4 Å². The molecule has 25 heavy (non-hydrogen) atoms. The molecule has 0 aliphatic rings. The molecule has 0 radical (unpaired) electrons. The number of nitriles is 1. The van der Waals surface area contributed by atoms with E-state index >= 15 is 0 Å². The number of carbonyl (C=O) groups is 1. The molecule has 0 spiro atoms. The summed E-state index contributed by atoms with van der Waals surface area (Å²) < 4.78 is 32.3. The Morgan fingerprint density at radius 2 is 1.92 bits per heavy atom. The predicted molar refractivity (Wildman–Crippen MR) is 91.6 cm³/mol. The molecule has 7 nitrogen and oxygen atoms in total. The van der Waals surface area contributed by atoms with Gasteiger partial charge in [-0.1, -0.05) is 17.7 Å². The van der Waals surface area contributed by atoms with Gasteiger partial charge in [0, 0.05) is 13.1 Å². The van der Waals surface area contributed by atoms with Gasteiger partial charge in [-0.25, -0.2) is 13.1 Å². The van der Waals surface area contributed by atoms with Gasteiger partial charge in [-0.2, -0.15) is 5.26 Å². The lowest BCUT2D eigenvalue weighted by Crippen LogP contribution is -2.22. The Labute approximate surface area is 146 Å². The second kappa shape index (κ2) is 7.79. The van der Waals surface area contributed by atoms with Crippen molar-refractivity contribution < 1.29 is 17.6 Å². The van der Waals surface area contributed by atoms with Crippen LogP contribution in [0, 0.1) is 18.3 Å². The summed E-state index contributed by atoms with van der Waals surface area (Å²) >= 11 is 0. The zero-order valence-electron chi connectivity index (χ0n) is 13.7. The van der Waals surface area contributed by atoms with Crippen LogP contribution >= 0.6 is 0 Å². The average Bonchev–Trinajstić information content (AvgIpc) is 3.05. The largest absolute Gasteiger partial charge is 0.460 e. The highest BCUT2D eigenvalue weighted by atomic mass is 32.2. The van der Waals surface area contributed by atoms with E-state index in [1.54, 1.807) is 30.3 Å². The smallest absolute Gasteiger partial charge is 0.261 e. The van der Waals surface area contributed by atoms with E-state index < -0.39 is 15.9 Å². The number of hydrogen-bond acceptors (Lipinski definition) is 5. The number of likely N-dealkylation sites (N-methyl/N-ethyl adjacent to an activating group) is 1. The molecular formula is C17H17N3O4S. The fraction of sp³-hybridized carbons (Fsp3) is 0.176. The number of nitrogens with zero attached hydrogens (tertiary/aromatic N) is 1. The van der Waals surface area contributed by atoms with Gasteiger partial charge < -0.3 is 9.73 Å². The minimum atomic E-state index is -3.65. The number of aryl methyl sites for hydroxylation is 1. The first-order valence-corrected chi connectivity index (χ1v) is 8.83. The highest BCUT2D eigenvalue weighted by Crippen LogP contribution is 2.14. The predicted octanol–water partition coefficient (Wildman–Crippen LogP) is 1.72. The number of benzene rings is 1. The van der Waals surface area contributed by atoms with Crippen molar-refractivity contribution in [1.29, 1.82) is 5.26 Å². The van der Waals surface area contributed by atoms with Gasteiger partial charge in [0.05, 0.1) is 11.4 Å². The minimum absolute atomic E-state index is 0.0497. The normalized spacial score (nSPS) is 11.8. The molecule has 0 aliphatic carbocycles. The molecule has 1 heterocycles. The number of sulfonamides is 1. The van der Waals surface area contributed by atoms with Crippen LogP contribution in [-0.2, 0) is 21.4 Å². The van der Waals surface area contributed by atoms with Gasteiger partial charge in [0.25, 0.3) is 5.91 Å². The first kappa shape index (κ1) is 18.4. The summed E-state index contributed by atoms with van der Waals surface area (Å²) in [5.41, 5.74) is 0.856. The van der Waals surface area contributed by atoms with Gasteiger partial charge in [0.15, 0.2) is 0 Å². The SMILES string of the molecule is CNC(=O)/C(C#N)=C\c1ccc(CNS(=O)(=O)c2ccc(C)cc2)o1. The van der Waals surface area contributed by atoms with Crippen molar-refractivity contribution in [2.24, 2.45) is 0 Å². The maximum atomic E-state index is 12.2. The second-order valence-electron chi connectivity index (χ2n) is 5.19. The third-order valence-electron chi connectivity index (χ3n) is 3.33. The molecule has 1 aromatic heterocycles. The molecule has 2 N–H and O–H groups in total. The molecule has 0 aliphatic heterocycles. The molecule has 0 fully saturated rings. The van der Waals surface area contributed by atoms with Crippen LogP contribution in [0.25, 0.3) is 6.08 Å². The van der Waals surface area contributed by atoms with E-state index in [0.29, 0.717) is 5.76 Å². The molecule has 0 atom stereocenters. The molecule has 0 saturated heterocycles. The number of carbonyl (C=O) groups excluding carboxylic acids is 1. The lowest BCUT2D eigenvalue weighted by Gasteiger charge is -2.05. The zero-order chi connectivity index (χ0) is 18.4. The number of rotatable bonds is 6. The van der Waals surface area contributed by atoms with E-state index in [-0.39, 0.29) is 22.8 Å². The Hall–Kier alpha value is -2.89. The zero-order valence-corrected chi connectivity index (χ0v) is 14.6. The van der Waals surface area contributed by atoms with Crippen LogP contribution in [0.15, 0.2) is 51.3 Å². The summed E-state index contributed by atoms with van der Waals surface area (Å²) in [6.07, 6.45) is 1.29. The van der Waals surface area contributed by atoms with Crippen LogP contribution in [0.3, 0.4) is 0 Å². The minimum Gasteiger partial charge on any atom is -0.460 e. The number of hydrogen-bond donors (Lipinski definition) is 2. The molecule has 0 saturated carbocycles. The third kappa shape index (κ3) is 4.79. The lowest BCUT2D eigenvalue weighted by atomic mass is 10.2. The van der Waals surface area contributed by atoms with Crippen molar-refractivity contribution in [1.82, 2.24) is 10.0 Å². The molecular weight excluding hydrogens is 342 g/mol. The van der Waals surface area contributed by atoms with Gasteiger partial charge in [-0.15, -0.1) is 0 Å². The van der Waals surface area contributed by atoms with Crippen LogP contribution in [0.5, 0.6) is 0 Å². The van der Waals surface area contributed by atoms with E-state index in [2.05, 4.69) is 10.0 Å². The highest BCUT2D eigenvalue weighted by molar-refractivity contribution is 7.89. The van der Waals surface area contributed by atoms with E-state index in [9.17, 15) is 13.2 Å². The molecule has 130 valence electrons. The molecule has 8 heteroatoms. The highest BCUT2D eigenvalue weighted by Gasteiger charge is 2.14. The Morgan fingerprint density at radius 3 is 2.52 bits per heavy atom. The fourth-order valence-electron chi connectivity index (χ4n) is 1.96. The molecule has 1 amide bonds. The van der Waals surface area contributed by atoms with Gasteiger partial charge in [-0.05, 0) is 31.2 Å². The number of furan rings is 1. The van der Waals surface area contributed by atoms with Crippen LogP contribution in [0.4, 0.5) is 0 Å². The third-order valence-corrected chi connectivity index (χ3v) is 4.75. The first-order valence-electron chi connectivity index (χ1n) is 7.34. The maximum absolute atomic E-state index is 12.2. The average molecular weight is 359 g/mol. The summed E-state index contributed by atoms with van der Waals surface area (Å²) in [4.78, 5) is 11.6. The monoisotopic (exact) mass is 359 g/mol. The fourth-order valence-corrected chi connectivity index (χ4v) is 2.95. The molecule has 2 rings (SSSR count). The standard InChI is InChI=1S/C17H17N3O4S/c1-12-3-7-16(8-4-12)25(22,23)20-11-15-6-5-14(24-15)9-13(10-18)17(21)19-2/h3-9,20H,11H2,1-2H3,(H,19,21)/b13-9-. The number of nitrogens with one attached hydrogen (secondary N) is 2. The van der Waals surface area contributed by atoms with Gasteiger partial charge in [0.2, 0.25) is 10.0 Å². The summed E-state index contributed by atoms with van der Waals surface area (Å²) in [6.45, 7) is 1.82. The Balaban J connectivity index is 2.09. The van der Waals surface area contributed by atoms with Gasteiger partial charge in [0.1, 0.15) is 23.2 Å². The Kier molecular flexibility index (Phi) is 5.75. The molecule has 2 aromatic rings. The summed E-state index contributed by atoms with van der Waals surface area (Å²) in [6, 6.07) is 11.4. The van der Waals surface area contributed by atoms with Crippen LogP contribution in [0.1, 0.15) is 17.1 Å². The topological polar surface area (TPSA) is 112 Å². The van der Waals surface area contributed by atoms with Gasteiger partial charge in [-0.3, -0.25) is 4.79 Å². The van der Waals surface area contributed by atoms with Crippen molar-refractivity contribution in [3.8, 4) is 6.07 Å². The van der Waals surface area contributed by atoms with Crippen molar-refractivity contribution in [2.75, 3.05) is 7.05 Å². The number of amides is 1. The Bertz CT molecular complexity index is 935. The van der Waals surface area contributed by atoms with Crippen molar-refractivity contribution in [3.63, 3.8) is 0 Å². The maximum Gasteiger partial charge on any atom is 0.261 e. The van der Waals surface area contributed by atoms with Crippen molar-refractivity contribution >= 4 is 22.0 Å². The van der Waals surface area contributed by atoms with Crippen LogP contribution in [0.2, 0.25) is 0 Å². The molecule has 0 bridgehead atoms. The summed E-state index contributed by atoms with van der Waals surface area (Å²) in [7, 11) is -2.24. The van der Waals surface area contributed by atoms with E-state index in [1.807, 2.05) is 6.92 Å². The van der Waals surface area contributed by atoms with Crippen LogP contribution in [-0.4, -0.2) is 21.4 Å². The quantitative estimate of drug-likeness (QED) is 0.602. The van der Waals surface area contributed by atoms with Gasteiger partial charge >= 0.3 is 0 Å².